The Labute approximate surface area is 141 Å². The lowest BCUT2D eigenvalue weighted by Gasteiger charge is -2.19. The minimum atomic E-state index is -4.32. The van der Waals surface area contributed by atoms with Crippen molar-refractivity contribution in [3.8, 4) is 17.0 Å². The van der Waals surface area contributed by atoms with Crippen molar-refractivity contribution in [2.24, 2.45) is 7.05 Å². The van der Waals surface area contributed by atoms with Gasteiger partial charge in [-0.05, 0) is 35.9 Å². The number of fused-ring (bicyclic) bond motifs is 5. The lowest BCUT2D eigenvalue weighted by Crippen LogP contribution is -2.07. The van der Waals surface area contributed by atoms with Gasteiger partial charge in [0.25, 0.3) is 0 Å². The third kappa shape index (κ3) is 2.20. The van der Waals surface area contributed by atoms with Crippen LogP contribution in [0.2, 0.25) is 0 Å². The van der Waals surface area contributed by atoms with Gasteiger partial charge in [-0.15, -0.1) is 11.8 Å². The highest BCUT2D eigenvalue weighted by Gasteiger charge is 2.32. The summed E-state index contributed by atoms with van der Waals surface area (Å²) >= 11 is 1.45. The number of aromatic nitrogens is 1. The Morgan fingerprint density at radius 3 is 2.62 bits per heavy atom. The van der Waals surface area contributed by atoms with Gasteiger partial charge in [-0.25, -0.2) is 0 Å². The van der Waals surface area contributed by atoms with Gasteiger partial charge in [-0.2, -0.15) is 13.2 Å². The molecule has 1 aliphatic heterocycles. The zero-order chi connectivity index (χ0) is 17.1. The Kier molecular flexibility index (Phi) is 3.35. The standard InChI is InChI=1S/C18H14F3NOS/c1-22-15-6-4-11(23-2)8-13(15)14-9-24-16-7-10(18(19,20)21)3-5-12(16)17(14)22/h3-8H,9H2,1-2H3. The third-order valence-electron chi connectivity index (χ3n) is 4.45. The van der Waals surface area contributed by atoms with Crippen molar-refractivity contribution in [2.75, 3.05) is 7.11 Å². The Morgan fingerprint density at radius 1 is 1.12 bits per heavy atom. The van der Waals surface area contributed by atoms with Crippen LogP contribution in [0.25, 0.3) is 22.2 Å². The monoisotopic (exact) mass is 349 g/mol. The molecule has 1 aliphatic rings. The van der Waals surface area contributed by atoms with Crippen LogP contribution in [-0.2, 0) is 19.0 Å². The van der Waals surface area contributed by atoms with E-state index in [9.17, 15) is 13.2 Å². The van der Waals surface area contributed by atoms with E-state index in [1.165, 1.54) is 17.8 Å². The summed E-state index contributed by atoms with van der Waals surface area (Å²) in [6.07, 6.45) is -4.32. The van der Waals surface area contributed by atoms with E-state index in [-0.39, 0.29) is 0 Å². The van der Waals surface area contributed by atoms with Gasteiger partial charge in [-0.1, -0.05) is 6.07 Å². The van der Waals surface area contributed by atoms with Gasteiger partial charge < -0.3 is 9.30 Å². The molecule has 2 heterocycles. The molecule has 0 amide bonds. The number of methoxy groups -OCH3 is 1. The van der Waals surface area contributed by atoms with E-state index in [2.05, 4.69) is 4.57 Å². The summed E-state index contributed by atoms with van der Waals surface area (Å²) in [6.45, 7) is 0. The molecule has 124 valence electrons. The number of aryl methyl sites for hydroxylation is 1. The van der Waals surface area contributed by atoms with Crippen LogP contribution in [0.1, 0.15) is 11.1 Å². The molecule has 1 aromatic heterocycles. The summed E-state index contributed by atoms with van der Waals surface area (Å²) in [5.74, 6) is 1.42. The first kappa shape index (κ1) is 15.4. The maximum absolute atomic E-state index is 13.0. The summed E-state index contributed by atoms with van der Waals surface area (Å²) in [5, 5.41) is 1.09. The Morgan fingerprint density at radius 2 is 1.92 bits per heavy atom. The second-order valence-electron chi connectivity index (χ2n) is 5.77. The van der Waals surface area contributed by atoms with Gasteiger partial charge in [0.15, 0.2) is 0 Å². The lowest BCUT2D eigenvalue weighted by atomic mass is 10.0. The molecule has 0 saturated heterocycles. The molecule has 0 spiro atoms. The van der Waals surface area contributed by atoms with Gasteiger partial charge in [0.2, 0.25) is 0 Å². The number of halogens is 3. The van der Waals surface area contributed by atoms with Gasteiger partial charge >= 0.3 is 6.18 Å². The zero-order valence-corrected chi connectivity index (χ0v) is 13.9. The van der Waals surface area contributed by atoms with Crippen LogP contribution in [-0.4, -0.2) is 11.7 Å². The SMILES string of the molecule is COc1ccc2c(c1)c1c(n2C)-c2ccc(C(F)(F)F)cc2SC1. The first-order valence-electron chi connectivity index (χ1n) is 7.40. The molecule has 4 rings (SSSR count). The number of hydrogen-bond acceptors (Lipinski definition) is 2. The number of thioether (sulfide) groups is 1. The molecule has 6 heteroatoms. The van der Waals surface area contributed by atoms with Crippen molar-refractivity contribution in [3.05, 3.63) is 47.5 Å². The molecular formula is C18H14F3NOS. The highest BCUT2D eigenvalue weighted by atomic mass is 32.2. The average Bonchev–Trinajstić information content (AvgIpc) is 2.86. The van der Waals surface area contributed by atoms with Crippen molar-refractivity contribution in [1.82, 2.24) is 4.57 Å². The van der Waals surface area contributed by atoms with Crippen LogP contribution in [0, 0.1) is 0 Å². The van der Waals surface area contributed by atoms with Gasteiger partial charge in [0.05, 0.1) is 18.4 Å². The number of hydrogen-bond donors (Lipinski definition) is 0. The molecule has 0 bridgehead atoms. The van der Waals surface area contributed by atoms with Gasteiger partial charge in [-0.3, -0.25) is 0 Å². The van der Waals surface area contributed by atoms with Gasteiger partial charge in [0, 0.05) is 34.2 Å². The summed E-state index contributed by atoms with van der Waals surface area (Å²) in [4.78, 5) is 0.676. The normalized spacial score (nSPS) is 13.7. The number of benzene rings is 2. The van der Waals surface area contributed by atoms with Crippen molar-refractivity contribution in [2.45, 2.75) is 16.8 Å². The van der Waals surface area contributed by atoms with E-state index in [4.69, 9.17) is 4.74 Å². The first-order valence-corrected chi connectivity index (χ1v) is 8.38. The minimum Gasteiger partial charge on any atom is -0.497 e. The van der Waals surface area contributed by atoms with Crippen molar-refractivity contribution < 1.29 is 17.9 Å². The van der Waals surface area contributed by atoms with E-state index in [0.717, 1.165) is 39.5 Å². The molecule has 0 saturated carbocycles. The van der Waals surface area contributed by atoms with E-state index in [0.29, 0.717) is 10.6 Å². The number of nitrogens with zero attached hydrogens (tertiary/aromatic N) is 1. The summed E-state index contributed by atoms with van der Waals surface area (Å²) in [6, 6.07) is 9.87. The topological polar surface area (TPSA) is 14.2 Å². The van der Waals surface area contributed by atoms with Crippen LogP contribution in [0.15, 0.2) is 41.3 Å². The van der Waals surface area contributed by atoms with E-state index < -0.39 is 11.7 Å². The predicted octanol–water partition coefficient (Wildman–Crippen LogP) is 5.48. The second kappa shape index (κ2) is 5.21. The van der Waals surface area contributed by atoms with E-state index >= 15 is 0 Å². The molecule has 2 nitrogen and oxygen atoms in total. The quantitative estimate of drug-likeness (QED) is 0.578. The fourth-order valence-corrected chi connectivity index (χ4v) is 4.40. The number of rotatable bonds is 1. The molecular weight excluding hydrogens is 335 g/mol. The smallest absolute Gasteiger partial charge is 0.416 e. The molecule has 0 unspecified atom stereocenters. The van der Waals surface area contributed by atoms with Crippen LogP contribution in [0.3, 0.4) is 0 Å². The summed E-state index contributed by atoms with van der Waals surface area (Å²) in [7, 11) is 3.57. The number of ether oxygens (including phenoxy) is 1. The second-order valence-corrected chi connectivity index (χ2v) is 6.78. The zero-order valence-electron chi connectivity index (χ0n) is 13.1. The molecule has 0 fully saturated rings. The summed E-state index contributed by atoms with van der Waals surface area (Å²) < 4.78 is 46.2. The molecule has 0 atom stereocenters. The molecule has 0 N–H and O–H groups in total. The van der Waals surface area contributed by atoms with Crippen molar-refractivity contribution >= 4 is 22.7 Å². The van der Waals surface area contributed by atoms with E-state index in [1.54, 1.807) is 13.2 Å². The Hall–Kier alpha value is -2.08. The molecule has 3 aromatic rings. The maximum Gasteiger partial charge on any atom is 0.416 e. The fraction of sp³-hybridized carbons (Fsp3) is 0.222. The summed E-state index contributed by atoms with van der Waals surface area (Å²) in [5.41, 5.74) is 3.43. The van der Waals surface area contributed by atoms with Crippen LogP contribution >= 0.6 is 11.8 Å². The largest absolute Gasteiger partial charge is 0.497 e. The minimum absolute atomic E-state index is 0.599. The van der Waals surface area contributed by atoms with Crippen LogP contribution in [0.4, 0.5) is 13.2 Å². The average molecular weight is 349 g/mol. The van der Waals surface area contributed by atoms with Crippen molar-refractivity contribution in [3.63, 3.8) is 0 Å². The lowest BCUT2D eigenvalue weighted by molar-refractivity contribution is -0.137. The first-order chi connectivity index (χ1) is 11.4. The third-order valence-corrected chi connectivity index (χ3v) is 5.53. The fourth-order valence-electron chi connectivity index (χ4n) is 3.28. The number of alkyl halides is 3. The van der Waals surface area contributed by atoms with Crippen LogP contribution < -0.4 is 4.74 Å². The van der Waals surface area contributed by atoms with Gasteiger partial charge in [0.1, 0.15) is 5.75 Å². The highest BCUT2D eigenvalue weighted by molar-refractivity contribution is 7.98. The molecule has 0 radical (unpaired) electrons. The van der Waals surface area contributed by atoms with Crippen LogP contribution in [0.5, 0.6) is 5.75 Å². The van der Waals surface area contributed by atoms with Crippen molar-refractivity contribution in [1.29, 1.82) is 0 Å². The Balaban J connectivity index is 1.96. The molecule has 24 heavy (non-hydrogen) atoms. The van der Waals surface area contributed by atoms with E-state index in [1.807, 2.05) is 25.2 Å². The molecule has 0 aliphatic carbocycles. The Bertz CT molecular complexity index is 959. The predicted molar refractivity (Wildman–Crippen MR) is 89.5 cm³/mol. The highest BCUT2D eigenvalue weighted by Crippen LogP contribution is 2.47. The molecule has 2 aromatic carbocycles. The maximum atomic E-state index is 13.0.